The molecule has 4 aromatic heterocycles. The second-order valence-electron chi connectivity index (χ2n) is 6.89. The molecule has 0 radical (unpaired) electrons. The van der Waals surface area contributed by atoms with E-state index in [0.29, 0.717) is 22.4 Å². The number of halogens is 3. The van der Waals surface area contributed by atoms with Gasteiger partial charge in [-0.05, 0) is 18.6 Å². The zero-order valence-electron chi connectivity index (χ0n) is 17.7. The maximum absolute atomic E-state index is 13.2. The molecular formula is C20H16F3N7O3S. The fourth-order valence-electron chi connectivity index (χ4n) is 2.99. The molecule has 0 unspecified atom stereocenters. The topological polar surface area (TPSA) is 133 Å². The lowest BCUT2D eigenvalue weighted by atomic mass is 10.0. The number of alkyl halides is 3. The fourth-order valence-corrected chi connectivity index (χ4v) is 3.85. The lowest BCUT2D eigenvalue weighted by molar-refractivity contribution is -0.594. The molecule has 0 bridgehead atoms. The van der Waals surface area contributed by atoms with Crippen molar-refractivity contribution in [2.75, 3.05) is 11.9 Å². The summed E-state index contributed by atoms with van der Waals surface area (Å²) in [6.45, 7) is 3.67. The normalized spacial score (nSPS) is 11.4. The molecule has 0 aromatic carbocycles. The number of anilines is 1. The van der Waals surface area contributed by atoms with Gasteiger partial charge < -0.3 is 14.9 Å². The smallest absolute Gasteiger partial charge is 0.434 e. The minimum absolute atomic E-state index is 0.0213. The summed E-state index contributed by atoms with van der Waals surface area (Å²) in [5.74, 6) is 0.342. The van der Waals surface area contributed by atoms with Gasteiger partial charge in [0.1, 0.15) is 10.8 Å². The van der Waals surface area contributed by atoms with Crippen LogP contribution in [0.5, 0.6) is 0 Å². The summed E-state index contributed by atoms with van der Waals surface area (Å²) < 4.78 is 45.4. The van der Waals surface area contributed by atoms with E-state index in [1.54, 1.807) is 13.8 Å². The molecule has 14 heteroatoms. The fraction of sp³-hybridized carbons (Fsp3) is 0.200. The van der Waals surface area contributed by atoms with Gasteiger partial charge in [0.25, 0.3) is 5.69 Å². The van der Waals surface area contributed by atoms with Crippen LogP contribution in [-0.4, -0.2) is 32.7 Å². The van der Waals surface area contributed by atoms with Crippen LogP contribution in [0.2, 0.25) is 0 Å². The van der Waals surface area contributed by atoms with Crippen molar-refractivity contribution in [1.29, 1.82) is 0 Å². The van der Waals surface area contributed by atoms with Gasteiger partial charge in [0.2, 0.25) is 5.89 Å². The Hall–Kier alpha value is -4.07. The number of nitrogens with one attached hydrogen (secondary N) is 2. The van der Waals surface area contributed by atoms with E-state index < -0.39 is 17.9 Å². The second-order valence-corrected chi connectivity index (χ2v) is 7.75. The molecule has 4 aromatic rings. The predicted molar refractivity (Wildman–Crippen MR) is 115 cm³/mol. The molecule has 176 valence electrons. The van der Waals surface area contributed by atoms with Crippen molar-refractivity contribution in [2.45, 2.75) is 20.0 Å². The van der Waals surface area contributed by atoms with Crippen LogP contribution in [0.3, 0.4) is 0 Å². The van der Waals surface area contributed by atoms with E-state index in [-0.39, 0.29) is 33.9 Å². The SMILES string of the molecule is CCNC(=O)Nc1cc(-c2nc(C(F)(F)F)cs2)c(-c2cc[n+]([O-])c(-c3nnc(C)o3)c2)cn1. The molecule has 0 aliphatic carbocycles. The summed E-state index contributed by atoms with van der Waals surface area (Å²) in [6, 6.07) is 3.81. The first-order valence-electron chi connectivity index (χ1n) is 9.77. The Kier molecular flexibility index (Phi) is 6.15. The Morgan fingerprint density at radius 1 is 1.26 bits per heavy atom. The quantitative estimate of drug-likeness (QED) is 0.318. The zero-order valence-corrected chi connectivity index (χ0v) is 18.5. The lowest BCUT2D eigenvalue weighted by Gasteiger charge is -2.12. The van der Waals surface area contributed by atoms with Crippen molar-refractivity contribution < 1.29 is 27.1 Å². The molecule has 0 aliphatic heterocycles. The summed E-state index contributed by atoms with van der Waals surface area (Å²) in [7, 11) is 0. The van der Waals surface area contributed by atoms with Crippen LogP contribution in [0, 0.1) is 12.1 Å². The number of aromatic nitrogens is 5. The third-order valence-corrected chi connectivity index (χ3v) is 5.36. The van der Waals surface area contributed by atoms with Crippen LogP contribution in [0.25, 0.3) is 33.3 Å². The van der Waals surface area contributed by atoms with Crippen LogP contribution in [0.4, 0.5) is 23.8 Å². The molecule has 2 N–H and O–H groups in total. The van der Waals surface area contributed by atoms with Crippen molar-refractivity contribution in [3.05, 3.63) is 52.8 Å². The van der Waals surface area contributed by atoms with E-state index in [0.717, 1.165) is 16.7 Å². The molecule has 0 atom stereocenters. The Bertz CT molecular complexity index is 1350. The number of hydrogen-bond acceptors (Lipinski definition) is 8. The highest BCUT2D eigenvalue weighted by atomic mass is 32.1. The molecule has 34 heavy (non-hydrogen) atoms. The van der Waals surface area contributed by atoms with E-state index in [4.69, 9.17) is 4.42 Å². The second kappa shape index (κ2) is 9.05. The maximum atomic E-state index is 13.2. The van der Waals surface area contributed by atoms with Crippen molar-refractivity contribution in [2.24, 2.45) is 0 Å². The molecule has 4 heterocycles. The summed E-state index contributed by atoms with van der Waals surface area (Å²) in [6.07, 6.45) is -2.04. The van der Waals surface area contributed by atoms with Crippen LogP contribution in [-0.2, 0) is 6.18 Å². The molecule has 0 aliphatic rings. The van der Waals surface area contributed by atoms with Crippen LogP contribution in [0.15, 0.2) is 40.4 Å². The Balaban J connectivity index is 1.84. The van der Waals surface area contributed by atoms with E-state index in [1.807, 2.05) is 0 Å². The average Bonchev–Trinajstić information content (AvgIpc) is 3.44. The highest BCUT2D eigenvalue weighted by Crippen LogP contribution is 2.38. The minimum atomic E-state index is -4.62. The van der Waals surface area contributed by atoms with Gasteiger partial charge in [-0.1, -0.05) is 0 Å². The summed E-state index contributed by atoms with van der Waals surface area (Å²) in [5, 5.41) is 25.9. The number of rotatable bonds is 5. The monoisotopic (exact) mass is 491 g/mol. The van der Waals surface area contributed by atoms with Gasteiger partial charge in [-0.3, -0.25) is 5.32 Å². The molecule has 0 saturated carbocycles. The number of pyridine rings is 2. The van der Waals surface area contributed by atoms with E-state index in [9.17, 15) is 23.2 Å². The highest BCUT2D eigenvalue weighted by Gasteiger charge is 2.34. The third kappa shape index (κ3) is 4.80. The number of carbonyl (C=O) groups is 1. The molecule has 0 fully saturated rings. The third-order valence-electron chi connectivity index (χ3n) is 4.48. The number of thiazole rings is 1. The first-order valence-corrected chi connectivity index (χ1v) is 10.7. The maximum Gasteiger partial charge on any atom is 0.434 e. The highest BCUT2D eigenvalue weighted by molar-refractivity contribution is 7.13. The molecule has 0 saturated heterocycles. The summed E-state index contributed by atoms with van der Waals surface area (Å²) in [4.78, 5) is 19.8. The van der Waals surface area contributed by atoms with Gasteiger partial charge in [-0.25, -0.2) is 14.8 Å². The van der Waals surface area contributed by atoms with Gasteiger partial charge in [0.05, 0.1) is 0 Å². The predicted octanol–water partition coefficient (Wildman–Crippen LogP) is 4.02. The number of hydrogen-bond donors (Lipinski definition) is 2. The van der Waals surface area contributed by atoms with Crippen LogP contribution >= 0.6 is 11.3 Å². The Morgan fingerprint density at radius 3 is 2.71 bits per heavy atom. The molecule has 10 nitrogen and oxygen atoms in total. The number of urea groups is 1. The number of nitrogens with zero attached hydrogens (tertiary/aromatic N) is 5. The molecular weight excluding hydrogens is 475 g/mol. The Morgan fingerprint density at radius 2 is 2.06 bits per heavy atom. The molecule has 2 amide bonds. The first kappa shape index (κ1) is 23.1. The molecule has 4 rings (SSSR count). The number of carbonyl (C=O) groups excluding carboxylic acids is 1. The van der Waals surface area contributed by atoms with E-state index >= 15 is 0 Å². The average molecular weight is 491 g/mol. The standard InChI is InChI=1S/C20H16F3N7O3S/c1-3-24-19(31)27-16-7-12(18-26-15(9-34-18)20(21,22)23)13(8-25-16)11-4-5-30(32)14(6-11)17-29-28-10(2)33-17/h4-9H,3H2,1-2H3,(H2,24,25,27,31). The van der Waals surface area contributed by atoms with Crippen molar-refractivity contribution in [3.63, 3.8) is 0 Å². The van der Waals surface area contributed by atoms with Crippen molar-refractivity contribution >= 4 is 23.2 Å². The minimum Gasteiger partial charge on any atom is -0.618 e. The van der Waals surface area contributed by atoms with Crippen molar-refractivity contribution in [3.8, 4) is 33.3 Å². The van der Waals surface area contributed by atoms with Gasteiger partial charge in [-0.15, -0.1) is 21.5 Å². The van der Waals surface area contributed by atoms with E-state index in [2.05, 4.69) is 30.8 Å². The van der Waals surface area contributed by atoms with Crippen LogP contribution in [0.1, 0.15) is 18.5 Å². The van der Waals surface area contributed by atoms with E-state index in [1.165, 1.54) is 30.6 Å². The summed E-state index contributed by atoms with van der Waals surface area (Å²) in [5.41, 5.74) is 0.0969. The zero-order chi connectivity index (χ0) is 24.5. The largest absolute Gasteiger partial charge is 0.618 e. The first-order chi connectivity index (χ1) is 16.2. The Labute approximate surface area is 194 Å². The number of amides is 2. The number of aryl methyl sites for hydroxylation is 1. The lowest BCUT2D eigenvalue weighted by Crippen LogP contribution is -2.28. The van der Waals surface area contributed by atoms with Crippen molar-refractivity contribution in [1.82, 2.24) is 25.5 Å². The van der Waals surface area contributed by atoms with Gasteiger partial charge >= 0.3 is 18.1 Å². The van der Waals surface area contributed by atoms with Gasteiger partial charge in [0, 0.05) is 48.3 Å². The molecule has 0 spiro atoms. The van der Waals surface area contributed by atoms with Gasteiger partial charge in [0.15, 0.2) is 11.9 Å². The van der Waals surface area contributed by atoms with Crippen LogP contribution < -0.4 is 15.4 Å². The van der Waals surface area contributed by atoms with Gasteiger partial charge in [-0.2, -0.15) is 17.9 Å². The summed E-state index contributed by atoms with van der Waals surface area (Å²) >= 11 is 0.788.